The molecule has 4 rings (SSSR count). The number of esters is 1. The number of rotatable bonds is 3. The van der Waals surface area contributed by atoms with Crippen molar-refractivity contribution < 1.29 is 19.0 Å². The number of nitrogens with one attached hydrogen (secondary N) is 1. The first-order chi connectivity index (χ1) is 11.7. The van der Waals surface area contributed by atoms with E-state index in [-0.39, 0.29) is 13.4 Å². The summed E-state index contributed by atoms with van der Waals surface area (Å²) in [7, 11) is 0. The van der Waals surface area contributed by atoms with E-state index in [0.29, 0.717) is 22.9 Å². The van der Waals surface area contributed by atoms with Gasteiger partial charge in [-0.3, -0.25) is 0 Å². The molecule has 0 saturated carbocycles. The number of hydrogen-bond donors (Lipinski definition) is 1. The molecule has 2 heterocycles. The number of fused-ring (bicyclic) bond motifs is 2. The van der Waals surface area contributed by atoms with E-state index in [1.165, 1.54) is 0 Å². The number of benzene rings is 2. The molecule has 0 unspecified atom stereocenters. The smallest absolute Gasteiger partial charge is 0.340 e. The molecule has 1 aromatic heterocycles. The molecule has 2 aromatic carbocycles. The lowest BCUT2D eigenvalue weighted by molar-refractivity contribution is -0.0180. The van der Waals surface area contributed by atoms with E-state index >= 15 is 0 Å². The van der Waals surface area contributed by atoms with Gasteiger partial charge in [0.15, 0.2) is 6.79 Å². The summed E-state index contributed by atoms with van der Waals surface area (Å²) >= 11 is 6.12. The second-order valence-corrected chi connectivity index (χ2v) is 5.92. The van der Waals surface area contributed by atoms with Crippen LogP contribution in [0.25, 0.3) is 10.9 Å². The van der Waals surface area contributed by atoms with Crippen LogP contribution in [0.15, 0.2) is 42.6 Å². The van der Waals surface area contributed by atoms with Crippen molar-refractivity contribution in [3.63, 3.8) is 0 Å². The molecule has 0 atom stereocenters. The van der Waals surface area contributed by atoms with E-state index < -0.39 is 5.97 Å². The Hall–Kier alpha value is -2.50. The Kier molecular flexibility index (Phi) is 3.88. The van der Waals surface area contributed by atoms with Crippen molar-refractivity contribution in [1.29, 1.82) is 0 Å². The van der Waals surface area contributed by atoms with E-state index in [1.54, 1.807) is 18.3 Å². The molecule has 1 aliphatic heterocycles. The van der Waals surface area contributed by atoms with Crippen LogP contribution < -0.4 is 4.74 Å². The van der Waals surface area contributed by atoms with Gasteiger partial charge < -0.3 is 19.2 Å². The summed E-state index contributed by atoms with van der Waals surface area (Å²) in [6, 6.07) is 11.1. The molecular weight excluding hydrogens is 330 g/mol. The normalized spacial score (nSPS) is 13.4. The minimum absolute atomic E-state index is 0.0846. The zero-order valence-electron chi connectivity index (χ0n) is 12.7. The molecule has 3 aromatic rings. The summed E-state index contributed by atoms with van der Waals surface area (Å²) in [5, 5.41) is 1.39. The zero-order chi connectivity index (χ0) is 16.5. The Balaban J connectivity index is 1.57. The van der Waals surface area contributed by atoms with Crippen molar-refractivity contribution in [3.8, 4) is 5.75 Å². The lowest BCUT2D eigenvalue weighted by Crippen LogP contribution is -2.14. The summed E-state index contributed by atoms with van der Waals surface area (Å²) in [6.45, 7) is 0.693. The van der Waals surface area contributed by atoms with E-state index in [1.807, 2.05) is 24.3 Å². The summed E-state index contributed by atoms with van der Waals surface area (Å²) < 4.78 is 16.2. The number of H-pyrrole nitrogens is 1. The van der Waals surface area contributed by atoms with Crippen LogP contribution in [0, 0.1) is 0 Å². The summed E-state index contributed by atoms with van der Waals surface area (Å²) in [5.74, 6) is 0.283. The van der Waals surface area contributed by atoms with Gasteiger partial charge >= 0.3 is 5.97 Å². The van der Waals surface area contributed by atoms with Crippen LogP contribution >= 0.6 is 11.6 Å². The molecule has 0 fully saturated rings. The van der Waals surface area contributed by atoms with E-state index in [2.05, 4.69) is 4.98 Å². The van der Waals surface area contributed by atoms with Crippen LogP contribution in [0.3, 0.4) is 0 Å². The van der Waals surface area contributed by atoms with E-state index in [9.17, 15) is 4.79 Å². The Morgan fingerprint density at radius 2 is 2.17 bits per heavy atom. The highest BCUT2D eigenvalue weighted by Crippen LogP contribution is 2.32. The third-order valence-electron chi connectivity index (χ3n) is 3.92. The summed E-state index contributed by atoms with van der Waals surface area (Å²) in [4.78, 5) is 15.5. The van der Waals surface area contributed by atoms with Crippen LogP contribution in [0.1, 0.15) is 21.5 Å². The molecule has 0 saturated heterocycles. The van der Waals surface area contributed by atoms with Crippen molar-refractivity contribution in [2.45, 2.75) is 13.2 Å². The number of para-hydroxylation sites is 1. The molecule has 1 N–H and O–H groups in total. The van der Waals surface area contributed by atoms with E-state index in [0.717, 1.165) is 22.0 Å². The number of aromatic nitrogens is 1. The second-order valence-electron chi connectivity index (χ2n) is 5.49. The monoisotopic (exact) mass is 343 g/mol. The molecule has 0 bridgehead atoms. The van der Waals surface area contributed by atoms with Crippen LogP contribution in [0.2, 0.25) is 5.02 Å². The van der Waals surface area contributed by atoms with Crippen LogP contribution in [0.4, 0.5) is 0 Å². The maximum atomic E-state index is 12.4. The fourth-order valence-electron chi connectivity index (χ4n) is 2.83. The van der Waals surface area contributed by atoms with Gasteiger partial charge in [0.05, 0.1) is 12.2 Å². The fraction of sp³-hybridized carbons (Fsp3) is 0.167. The van der Waals surface area contributed by atoms with Gasteiger partial charge in [0.25, 0.3) is 0 Å². The molecule has 122 valence electrons. The Morgan fingerprint density at radius 3 is 3.08 bits per heavy atom. The minimum Gasteiger partial charge on any atom is -0.467 e. The third-order valence-corrected chi connectivity index (χ3v) is 4.14. The number of hydrogen-bond acceptors (Lipinski definition) is 4. The highest BCUT2D eigenvalue weighted by Gasteiger charge is 2.19. The number of halogens is 1. The fourth-order valence-corrected chi connectivity index (χ4v) is 3.09. The maximum absolute atomic E-state index is 12.4. The second kappa shape index (κ2) is 6.19. The number of carbonyl (C=O) groups is 1. The lowest BCUT2D eigenvalue weighted by Gasteiger charge is -2.21. The van der Waals surface area contributed by atoms with Gasteiger partial charge in [0.2, 0.25) is 0 Å². The van der Waals surface area contributed by atoms with Crippen molar-refractivity contribution in [2.24, 2.45) is 0 Å². The molecule has 24 heavy (non-hydrogen) atoms. The predicted molar refractivity (Wildman–Crippen MR) is 89.2 cm³/mol. The lowest BCUT2D eigenvalue weighted by atomic mass is 10.1. The quantitative estimate of drug-likeness (QED) is 0.729. The Bertz CT molecular complexity index is 919. The van der Waals surface area contributed by atoms with Gasteiger partial charge in [-0.05, 0) is 18.2 Å². The van der Waals surface area contributed by atoms with Gasteiger partial charge in [0.1, 0.15) is 12.4 Å². The molecule has 0 spiro atoms. The first-order valence-electron chi connectivity index (χ1n) is 7.47. The number of carbonyl (C=O) groups excluding carboxylic acids is 1. The molecule has 0 radical (unpaired) electrons. The van der Waals surface area contributed by atoms with Crippen LogP contribution in [0.5, 0.6) is 5.75 Å². The van der Waals surface area contributed by atoms with Gasteiger partial charge in [0, 0.05) is 33.2 Å². The molecular formula is C18H14ClNO4. The standard InChI is InChI=1S/C18H14ClNO4/c19-13-5-11-8-22-10-24-17(11)12(6-13)9-23-18(21)15-7-20-16-4-2-1-3-14(15)16/h1-7,20H,8-10H2. The van der Waals surface area contributed by atoms with Gasteiger partial charge in [-0.2, -0.15) is 0 Å². The first-order valence-corrected chi connectivity index (χ1v) is 7.85. The van der Waals surface area contributed by atoms with Crippen LogP contribution in [-0.2, 0) is 22.7 Å². The number of aromatic amines is 1. The molecule has 0 amide bonds. The van der Waals surface area contributed by atoms with Gasteiger partial charge in [-0.25, -0.2) is 4.79 Å². The SMILES string of the molecule is O=C(OCc1cc(Cl)cc2c1OCOC2)c1c[nH]c2ccccc12. The zero-order valence-corrected chi connectivity index (χ0v) is 13.4. The molecule has 0 aliphatic carbocycles. The largest absolute Gasteiger partial charge is 0.467 e. The molecule has 5 nitrogen and oxygen atoms in total. The highest BCUT2D eigenvalue weighted by molar-refractivity contribution is 6.30. The maximum Gasteiger partial charge on any atom is 0.340 e. The van der Waals surface area contributed by atoms with Gasteiger partial charge in [-0.1, -0.05) is 29.8 Å². The summed E-state index contributed by atoms with van der Waals surface area (Å²) in [6.07, 6.45) is 1.66. The number of ether oxygens (including phenoxy) is 3. The Morgan fingerprint density at radius 1 is 1.29 bits per heavy atom. The minimum atomic E-state index is -0.395. The predicted octanol–water partition coefficient (Wildman–Crippen LogP) is 4.04. The van der Waals surface area contributed by atoms with Crippen molar-refractivity contribution in [2.75, 3.05) is 6.79 Å². The highest BCUT2D eigenvalue weighted by atomic mass is 35.5. The van der Waals surface area contributed by atoms with Crippen molar-refractivity contribution in [3.05, 3.63) is 64.3 Å². The Labute approximate surface area is 143 Å². The molecule has 6 heteroatoms. The van der Waals surface area contributed by atoms with Crippen molar-refractivity contribution >= 4 is 28.5 Å². The third kappa shape index (κ3) is 2.72. The van der Waals surface area contributed by atoms with Crippen molar-refractivity contribution in [1.82, 2.24) is 4.98 Å². The average molecular weight is 344 g/mol. The summed E-state index contributed by atoms with van der Waals surface area (Å²) in [5.41, 5.74) is 2.98. The topological polar surface area (TPSA) is 60.6 Å². The first kappa shape index (κ1) is 15.1. The van der Waals surface area contributed by atoms with Crippen LogP contribution in [-0.4, -0.2) is 17.7 Å². The van der Waals surface area contributed by atoms with Gasteiger partial charge in [-0.15, -0.1) is 0 Å². The average Bonchev–Trinajstić information content (AvgIpc) is 3.03. The van der Waals surface area contributed by atoms with E-state index in [4.69, 9.17) is 25.8 Å². The molecule has 1 aliphatic rings.